The highest BCUT2D eigenvalue weighted by molar-refractivity contribution is 7.92. The average Bonchev–Trinajstić information content (AvgIpc) is 2.53. The molecule has 0 unspecified atom stereocenters. The lowest BCUT2D eigenvalue weighted by Gasteiger charge is -2.13. The van der Waals surface area contributed by atoms with Crippen molar-refractivity contribution in [2.24, 2.45) is 0 Å². The molecule has 0 bridgehead atoms. The van der Waals surface area contributed by atoms with Gasteiger partial charge in [-0.2, -0.15) is 13.2 Å². The summed E-state index contributed by atoms with van der Waals surface area (Å²) in [6, 6.07) is 6.64. The number of sulfonamides is 1. The second-order valence-electron chi connectivity index (χ2n) is 4.78. The molecule has 10 heteroatoms. The summed E-state index contributed by atoms with van der Waals surface area (Å²) < 4.78 is 82.6. The number of hydrogen-bond acceptors (Lipinski definition) is 4. The molecule has 2 rings (SSSR count). The van der Waals surface area contributed by atoms with E-state index in [1.807, 2.05) is 4.72 Å². The van der Waals surface area contributed by atoms with Gasteiger partial charge in [0.05, 0.1) is 28.8 Å². The van der Waals surface area contributed by atoms with Crippen LogP contribution in [0.4, 0.5) is 23.2 Å². The molecule has 2 aromatic rings. The Hall–Kier alpha value is -2.62. The van der Waals surface area contributed by atoms with Crippen molar-refractivity contribution < 1.29 is 35.5 Å². The summed E-state index contributed by atoms with van der Waals surface area (Å²) in [7, 11) is -3.42. The SMILES string of the molecule is COC(=O)c1ccccc1NS(=O)(=O)c1ccc(F)c(C(F)(F)F)c1. The molecule has 0 heterocycles. The van der Waals surface area contributed by atoms with E-state index in [4.69, 9.17) is 0 Å². The zero-order valence-corrected chi connectivity index (χ0v) is 13.4. The van der Waals surface area contributed by atoms with E-state index in [0.29, 0.717) is 12.1 Å². The van der Waals surface area contributed by atoms with E-state index in [9.17, 15) is 30.8 Å². The number of rotatable bonds is 4. The van der Waals surface area contributed by atoms with Crippen molar-refractivity contribution >= 4 is 21.7 Å². The number of nitrogens with one attached hydrogen (secondary N) is 1. The average molecular weight is 377 g/mol. The van der Waals surface area contributed by atoms with E-state index < -0.39 is 38.4 Å². The molecule has 134 valence electrons. The number of carbonyl (C=O) groups is 1. The van der Waals surface area contributed by atoms with Crippen LogP contribution >= 0.6 is 0 Å². The smallest absolute Gasteiger partial charge is 0.419 e. The molecule has 5 nitrogen and oxygen atoms in total. The van der Waals surface area contributed by atoms with Crippen molar-refractivity contribution in [2.45, 2.75) is 11.1 Å². The molecule has 0 spiro atoms. The highest BCUT2D eigenvalue weighted by Gasteiger charge is 2.35. The molecule has 0 aliphatic heterocycles. The minimum Gasteiger partial charge on any atom is -0.465 e. The summed E-state index contributed by atoms with van der Waals surface area (Å²) >= 11 is 0. The summed E-state index contributed by atoms with van der Waals surface area (Å²) in [4.78, 5) is 10.8. The fraction of sp³-hybridized carbons (Fsp3) is 0.133. The van der Waals surface area contributed by atoms with E-state index >= 15 is 0 Å². The van der Waals surface area contributed by atoms with Crippen LogP contribution in [0.15, 0.2) is 47.4 Å². The summed E-state index contributed by atoms with van der Waals surface area (Å²) in [5.74, 6) is -2.44. The van der Waals surface area contributed by atoms with Crippen LogP contribution < -0.4 is 4.72 Å². The van der Waals surface area contributed by atoms with Gasteiger partial charge in [-0.1, -0.05) is 12.1 Å². The van der Waals surface area contributed by atoms with Crippen molar-refractivity contribution in [2.75, 3.05) is 11.8 Å². The molecule has 0 atom stereocenters. The molecule has 0 saturated carbocycles. The van der Waals surface area contributed by atoms with Gasteiger partial charge < -0.3 is 4.74 Å². The summed E-state index contributed by atoms with van der Waals surface area (Å²) in [5.41, 5.74) is -2.03. The van der Waals surface area contributed by atoms with Crippen molar-refractivity contribution in [3.63, 3.8) is 0 Å². The lowest BCUT2D eigenvalue weighted by Crippen LogP contribution is -2.17. The first-order valence-electron chi connectivity index (χ1n) is 6.63. The minimum absolute atomic E-state index is 0.133. The molecule has 0 aromatic heterocycles. The monoisotopic (exact) mass is 377 g/mol. The maximum atomic E-state index is 13.3. The predicted octanol–water partition coefficient (Wildman–Crippen LogP) is 3.43. The molecule has 0 aliphatic rings. The van der Waals surface area contributed by atoms with E-state index in [-0.39, 0.29) is 17.3 Å². The number of carbonyl (C=O) groups excluding carboxylic acids is 1. The molecule has 2 aromatic carbocycles. The molecular weight excluding hydrogens is 366 g/mol. The van der Waals surface area contributed by atoms with Gasteiger partial charge in [-0.15, -0.1) is 0 Å². The van der Waals surface area contributed by atoms with Gasteiger partial charge in [0.25, 0.3) is 10.0 Å². The molecule has 0 fully saturated rings. The number of ether oxygens (including phenoxy) is 1. The van der Waals surface area contributed by atoms with Crippen LogP contribution in [-0.4, -0.2) is 21.5 Å². The number of alkyl halides is 3. The zero-order valence-electron chi connectivity index (χ0n) is 12.6. The van der Waals surface area contributed by atoms with Crippen molar-refractivity contribution in [1.29, 1.82) is 0 Å². The Morgan fingerprint density at radius 1 is 1.12 bits per heavy atom. The van der Waals surface area contributed by atoms with Gasteiger partial charge >= 0.3 is 12.1 Å². The Kier molecular flexibility index (Phi) is 5.02. The first kappa shape index (κ1) is 18.7. The van der Waals surface area contributed by atoms with Gasteiger partial charge in [-0.3, -0.25) is 4.72 Å². The number of anilines is 1. The quantitative estimate of drug-likeness (QED) is 0.655. The first-order chi connectivity index (χ1) is 11.6. The van der Waals surface area contributed by atoms with Crippen LogP contribution in [0.25, 0.3) is 0 Å². The molecule has 25 heavy (non-hydrogen) atoms. The van der Waals surface area contributed by atoms with E-state index in [2.05, 4.69) is 4.74 Å². The summed E-state index contributed by atoms with van der Waals surface area (Å²) in [6.07, 6.45) is -5.06. The van der Waals surface area contributed by atoms with Gasteiger partial charge in [0.15, 0.2) is 0 Å². The fourth-order valence-corrected chi connectivity index (χ4v) is 3.06. The van der Waals surface area contributed by atoms with Gasteiger partial charge in [-0.25, -0.2) is 17.6 Å². The van der Waals surface area contributed by atoms with Crippen LogP contribution in [0.5, 0.6) is 0 Å². The molecule has 0 radical (unpaired) electrons. The van der Waals surface area contributed by atoms with Gasteiger partial charge in [0, 0.05) is 0 Å². The maximum absolute atomic E-state index is 13.3. The molecule has 0 aliphatic carbocycles. The number of para-hydroxylation sites is 1. The first-order valence-corrected chi connectivity index (χ1v) is 8.11. The Morgan fingerprint density at radius 3 is 2.36 bits per heavy atom. The second kappa shape index (κ2) is 6.71. The minimum atomic E-state index is -5.06. The number of halogens is 4. The highest BCUT2D eigenvalue weighted by atomic mass is 32.2. The lowest BCUT2D eigenvalue weighted by atomic mass is 10.2. The third-order valence-electron chi connectivity index (χ3n) is 3.13. The highest BCUT2D eigenvalue weighted by Crippen LogP contribution is 2.33. The van der Waals surface area contributed by atoms with Gasteiger partial charge in [0.1, 0.15) is 5.82 Å². The van der Waals surface area contributed by atoms with Crippen LogP contribution in [0, 0.1) is 5.82 Å². The maximum Gasteiger partial charge on any atom is 0.419 e. The van der Waals surface area contributed by atoms with Crippen LogP contribution in [0.2, 0.25) is 0 Å². The van der Waals surface area contributed by atoms with Crippen molar-refractivity contribution in [3.8, 4) is 0 Å². The molecule has 0 amide bonds. The normalized spacial score (nSPS) is 11.9. The van der Waals surface area contributed by atoms with Crippen molar-refractivity contribution in [1.82, 2.24) is 0 Å². The number of methoxy groups -OCH3 is 1. The van der Waals surface area contributed by atoms with E-state index in [1.54, 1.807) is 0 Å². The van der Waals surface area contributed by atoms with E-state index in [0.717, 1.165) is 7.11 Å². The number of benzene rings is 2. The van der Waals surface area contributed by atoms with Gasteiger partial charge in [0.2, 0.25) is 0 Å². The largest absolute Gasteiger partial charge is 0.465 e. The lowest BCUT2D eigenvalue weighted by molar-refractivity contribution is -0.140. The van der Waals surface area contributed by atoms with Crippen LogP contribution in [-0.2, 0) is 20.9 Å². The third kappa shape index (κ3) is 4.08. The predicted molar refractivity (Wildman–Crippen MR) is 80.0 cm³/mol. The van der Waals surface area contributed by atoms with E-state index in [1.165, 1.54) is 24.3 Å². The number of esters is 1. The molecule has 0 saturated heterocycles. The Balaban J connectivity index is 2.47. The molecular formula is C15H11F4NO4S. The third-order valence-corrected chi connectivity index (χ3v) is 4.49. The Bertz CT molecular complexity index is 910. The second-order valence-corrected chi connectivity index (χ2v) is 6.46. The summed E-state index contributed by atoms with van der Waals surface area (Å²) in [5, 5.41) is 0. The van der Waals surface area contributed by atoms with Crippen LogP contribution in [0.3, 0.4) is 0 Å². The molecule has 1 N–H and O–H groups in total. The standard InChI is InChI=1S/C15H11F4NO4S/c1-24-14(21)10-4-2-3-5-13(10)20-25(22,23)9-6-7-12(16)11(8-9)15(17,18)19/h2-8,20H,1H3. The van der Waals surface area contributed by atoms with Crippen LogP contribution in [0.1, 0.15) is 15.9 Å². The topological polar surface area (TPSA) is 72.5 Å². The van der Waals surface area contributed by atoms with Crippen molar-refractivity contribution in [3.05, 3.63) is 59.4 Å². The Labute approximate surface area is 140 Å². The fourth-order valence-electron chi connectivity index (χ4n) is 1.95. The van der Waals surface area contributed by atoms with Gasteiger partial charge in [-0.05, 0) is 30.3 Å². The zero-order chi connectivity index (χ0) is 18.8. The summed E-state index contributed by atoms with van der Waals surface area (Å²) in [6.45, 7) is 0. The number of hydrogen-bond donors (Lipinski definition) is 1. The Morgan fingerprint density at radius 2 is 1.76 bits per heavy atom.